The lowest BCUT2D eigenvalue weighted by molar-refractivity contribution is -0.140. The number of carbonyl (C=O) groups excluding carboxylic acids is 1. The van der Waals surface area contributed by atoms with Crippen molar-refractivity contribution < 1.29 is 14.7 Å². The second-order valence-corrected chi connectivity index (χ2v) is 6.42. The van der Waals surface area contributed by atoms with Crippen molar-refractivity contribution in [2.24, 2.45) is 5.41 Å². The molecular weight excluding hydrogens is 230 g/mol. The summed E-state index contributed by atoms with van der Waals surface area (Å²) in [5, 5.41) is 12.1. The fourth-order valence-electron chi connectivity index (χ4n) is 3.42. The maximum absolute atomic E-state index is 12.1. The Labute approximate surface area is 108 Å². The van der Waals surface area contributed by atoms with Crippen LogP contribution in [0.1, 0.15) is 64.7 Å². The van der Waals surface area contributed by atoms with Gasteiger partial charge in [0.15, 0.2) is 0 Å². The molecule has 0 heterocycles. The number of aliphatic carboxylic acids is 1. The highest BCUT2D eigenvalue weighted by Gasteiger charge is 2.40. The number of hydrogen-bond donors (Lipinski definition) is 2. The fraction of sp³-hybridized carbons (Fsp3) is 0.857. The zero-order valence-electron chi connectivity index (χ0n) is 11.1. The van der Waals surface area contributed by atoms with Crippen molar-refractivity contribution in [1.82, 2.24) is 5.32 Å². The zero-order chi connectivity index (χ0) is 13.2. The van der Waals surface area contributed by atoms with E-state index < -0.39 is 5.97 Å². The fourth-order valence-corrected chi connectivity index (χ4v) is 3.42. The Kier molecular flexibility index (Phi) is 3.64. The first-order valence-electron chi connectivity index (χ1n) is 6.96. The van der Waals surface area contributed by atoms with Gasteiger partial charge in [-0.1, -0.05) is 12.8 Å². The van der Waals surface area contributed by atoms with E-state index in [2.05, 4.69) is 12.2 Å². The molecule has 18 heavy (non-hydrogen) atoms. The van der Waals surface area contributed by atoms with Gasteiger partial charge in [0.2, 0.25) is 5.91 Å². The molecule has 1 amide bonds. The molecule has 0 spiro atoms. The molecule has 0 aromatic rings. The molecule has 0 aromatic carbocycles. The Morgan fingerprint density at radius 3 is 2.11 bits per heavy atom. The maximum atomic E-state index is 12.1. The molecule has 4 heteroatoms. The van der Waals surface area contributed by atoms with Crippen LogP contribution in [0.3, 0.4) is 0 Å². The zero-order valence-corrected chi connectivity index (χ0v) is 11.1. The van der Waals surface area contributed by atoms with Gasteiger partial charge in [0, 0.05) is 12.0 Å². The average molecular weight is 253 g/mol. The minimum atomic E-state index is -0.778. The molecule has 2 rings (SSSR count). The first-order chi connectivity index (χ1) is 8.43. The van der Waals surface area contributed by atoms with Crippen LogP contribution >= 0.6 is 0 Å². The van der Waals surface area contributed by atoms with E-state index in [1.165, 1.54) is 6.42 Å². The van der Waals surface area contributed by atoms with Gasteiger partial charge in [-0.05, 0) is 44.4 Å². The first kappa shape index (κ1) is 13.4. The molecule has 2 aliphatic rings. The van der Waals surface area contributed by atoms with Crippen LogP contribution in [0.25, 0.3) is 0 Å². The summed E-state index contributed by atoms with van der Waals surface area (Å²) in [7, 11) is 0. The maximum Gasteiger partial charge on any atom is 0.303 e. The minimum absolute atomic E-state index is 0.0277. The van der Waals surface area contributed by atoms with Gasteiger partial charge in [-0.15, -0.1) is 0 Å². The van der Waals surface area contributed by atoms with Gasteiger partial charge in [-0.25, -0.2) is 0 Å². The molecule has 0 bridgehead atoms. The summed E-state index contributed by atoms with van der Waals surface area (Å²) in [5.41, 5.74) is -0.309. The van der Waals surface area contributed by atoms with E-state index in [-0.39, 0.29) is 23.3 Å². The van der Waals surface area contributed by atoms with Crippen molar-refractivity contribution in [2.45, 2.75) is 70.3 Å². The van der Waals surface area contributed by atoms with Gasteiger partial charge in [0.05, 0.1) is 6.42 Å². The third-order valence-electron chi connectivity index (χ3n) is 4.62. The summed E-state index contributed by atoms with van der Waals surface area (Å²) >= 11 is 0. The number of rotatable bonds is 5. The molecule has 0 aliphatic heterocycles. The number of carboxylic acid groups (broad SMARTS) is 1. The molecule has 0 atom stereocenters. The van der Waals surface area contributed by atoms with Crippen molar-refractivity contribution >= 4 is 11.9 Å². The molecule has 2 fully saturated rings. The quantitative estimate of drug-likeness (QED) is 0.791. The highest BCUT2D eigenvalue weighted by Crippen LogP contribution is 2.44. The highest BCUT2D eigenvalue weighted by atomic mass is 16.4. The number of hydrogen-bond acceptors (Lipinski definition) is 2. The first-order valence-corrected chi connectivity index (χ1v) is 6.96. The number of nitrogens with one attached hydrogen (secondary N) is 1. The van der Waals surface area contributed by atoms with E-state index in [4.69, 9.17) is 5.11 Å². The highest BCUT2D eigenvalue weighted by molar-refractivity contribution is 5.79. The third kappa shape index (κ3) is 3.03. The third-order valence-corrected chi connectivity index (χ3v) is 4.62. The largest absolute Gasteiger partial charge is 0.481 e. The molecule has 2 N–H and O–H groups in total. The summed E-state index contributed by atoms with van der Waals surface area (Å²) < 4.78 is 0. The standard InChI is InChI=1S/C14H23NO3/c1-13(5-4-6-13)15-11(16)9-14(10-12(17)18)7-2-3-8-14/h2-10H2,1H3,(H,15,16)(H,17,18). The van der Waals surface area contributed by atoms with Crippen molar-refractivity contribution in [1.29, 1.82) is 0 Å². The van der Waals surface area contributed by atoms with Gasteiger partial charge in [-0.2, -0.15) is 0 Å². The lowest BCUT2D eigenvalue weighted by atomic mass is 9.76. The van der Waals surface area contributed by atoms with Gasteiger partial charge in [-0.3, -0.25) is 9.59 Å². The minimum Gasteiger partial charge on any atom is -0.481 e. The molecule has 2 aliphatic carbocycles. The lowest BCUT2D eigenvalue weighted by Crippen LogP contribution is -2.51. The molecule has 0 radical (unpaired) electrons. The summed E-state index contributed by atoms with van der Waals surface area (Å²) in [4.78, 5) is 23.1. The van der Waals surface area contributed by atoms with Crippen LogP contribution < -0.4 is 5.32 Å². The summed E-state index contributed by atoms with van der Waals surface area (Å²) in [6.45, 7) is 2.08. The lowest BCUT2D eigenvalue weighted by Gasteiger charge is -2.40. The summed E-state index contributed by atoms with van der Waals surface area (Å²) in [5.74, 6) is -0.736. The van der Waals surface area contributed by atoms with E-state index in [0.717, 1.165) is 38.5 Å². The summed E-state index contributed by atoms with van der Waals surface area (Å²) in [6.07, 6.45) is 7.65. The van der Waals surface area contributed by atoms with E-state index >= 15 is 0 Å². The van der Waals surface area contributed by atoms with Crippen LogP contribution in [0.5, 0.6) is 0 Å². The van der Waals surface area contributed by atoms with E-state index in [1.54, 1.807) is 0 Å². The van der Waals surface area contributed by atoms with Gasteiger partial charge in [0.25, 0.3) is 0 Å². The second-order valence-electron chi connectivity index (χ2n) is 6.42. The number of carbonyl (C=O) groups is 2. The Balaban J connectivity index is 1.92. The monoisotopic (exact) mass is 253 g/mol. The van der Waals surface area contributed by atoms with Crippen LogP contribution in [0, 0.1) is 5.41 Å². The normalized spacial score (nSPS) is 24.3. The van der Waals surface area contributed by atoms with Gasteiger partial charge in [0.1, 0.15) is 0 Å². The van der Waals surface area contributed by atoms with Crippen molar-refractivity contribution in [3.8, 4) is 0 Å². The molecule has 0 saturated heterocycles. The Bertz CT molecular complexity index is 341. The number of carboxylic acids is 1. The van der Waals surface area contributed by atoms with E-state index in [1.807, 2.05) is 0 Å². The predicted octanol–water partition coefficient (Wildman–Crippen LogP) is 2.47. The molecule has 0 aromatic heterocycles. The van der Waals surface area contributed by atoms with Crippen LogP contribution in [0.4, 0.5) is 0 Å². The molecule has 0 unspecified atom stereocenters. The Hall–Kier alpha value is -1.06. The Morgan fingerprint density at radius 1 is 1.06 bits per heavy atom. The van der Waals surface area contributed by atoms with E-state index in [9.17, 15) is 9.59 Å². The smallest absolute Gasteiger partial charge is 0.303 e. The van der Waals surface area contributed by atoms with Crippen LogP contribution in [-0.2, 0) is 9.59 Å². The predicted molar refractivity (Wildman–Crippen MR) is 68.2 cm³/mol. The Morgan fingerprint density at radius 2 is 1.67 bits per heavy atom. The average Bonchev–Trinajstić information content (AvgIpc) is 2.62. The SMILES string of the molecule is CC1(NC(=O)CC2(CC(=O)O)CCCC2)CCC1. The number of amides is 1. The van der Waals surface area contributed by atoms with Gasteiger partial charge < -0.3 is 10.4 Å². The summed E-state index contributed by atoms with van der Waals surface area (Å²) in [6, 6.07) is 0. The topological polar surface area (TPSA) is 66.4 Å². The molecular formula is C14H23NO3. The van der Waals surface area contributed by atoms with Crippen molar-refractivity contribution in [3.63, 3.8) is 0 Å². The van der Waals surface area contributed by atoms with E-state index in [0.29, 0.717) is 6.42 Å². The second kappa shape index (κ2) is 4.90. The van der Waals surface area contributed by atoms with Crippen LogP contribution in [0.15, 0.2) is 0 Å². The van der Waals surface area contributed by atoms with Crippen molar-refractivity contribution in [2.75, 3.05) is 0 Å². The van der Waals surface area contributed by atoms with Crippen LogP contribution in [0.2, 0.25) is 0 Å². The molecule has 102 valence electrons. The van der Waals surface area contributed by atoms with Crippen molar-refractivity contribution in [3.05, 3.63) is 0 Å². The molecule has 4 nitrogen and oxygen atoms in total. The van der Waals surface area contributed by atoms with Crippen LogP contribution in [-0.4, -0.2) is 22.5 Å². The van der Waals surface area contributed by atoms with Gasteiger partial charge >= 0.3 is 5.97 Å². The molecule has 2 saturated carbocycles.